The van der Waals surface area contributed by atoms with E-state index in [-0.39, 0.29) is 11.6 Å². The summed E-state index contributed by atoms with van der Waals surface area (Å²) in [6.45, 7) is 15.3. The molecule has 1 aromatic rings. The molecule has 0 aliphatic rings. The molecule has 0 N–H and O–H groups in total. The van der Waals surface area contributed by atoms with Gasteiger partial charge in [-0.15, -0.1) is 0 Å². The van der Waals surface area contributed by atoms with Gasteiger partial charge in [-0.05, 0) is 80.4 Å². The van der Waals surface area contributed by atoms with Gasteiger partial charge in [0.25, 0.3) is 0 Å². The number of unbranched alkanes of at least 4 members (excludes halogenated alkanes) is 3. The van der Waals surface area contributed by atoms with Gasteiger partial charge < -0.3 is 0 Å². The van der Waals surface area contributed by atoms with E-state index >= 15 is 0 Å². The molecule has 0 amide bonds. The Kier molecular flexibility index (Phi) is 11.7. The highest BCUT2D eigenvalue weighted by atomic mass is 19.1. The van der Waals surface area contributed by atoms with Crippen molar-refractivity contribution in [2.45, 2.75) is 72.6 Å². The minimum Gasteiger partial charge on any atom is -0.295 e. The molecule has 0 aliphatic heterocycles. The first kappa shape index (κ1) is 25.6. The van der Waals surface area contributed by atoms with E-state index in [1.165, 1.54) is 5.57 Å². The molecule has 0 bridgehead atoms. The third-order valence-electron chi connectivity index (χ3n) is 5.04. The lowest BCUT2D eigenvalue weighted by atomic mass is 9.93. The van der Waals surface area contributed by atoms with Crippen molar-refractivity contribution >= 4 is 16.9 Å². The molecule has 1 rings (SSSR count). The van der Waals surface area contributed by atoms with Crippen molar-refractivity contribution in [3.8, 4) is 0 Å². The number of carbonyl (C=O) groups excluding carboxylic acids is 1. The van der Waals surface area contributed by atoms with Crippen LogP contribution in [0.2, 0.25) is 0 Å². The Morgan fingerprint density at radius 2 is 1.80 bits per heavy atom. The van der Waals surface area contributed by atoms with E-state index in [0.717, 1.165) is 55.2 Å². The van der Waals surface area contributed by atoms with Gasteiger partial charge in [0.05, 0.1) is 0 Å². The maximum atomic E-state index is 14.6. The quantitative estimate of drug-likeness (QED) is 0.181. The van der Waals surface area contributed by atoms with Crippen molar-refractivity contribution in [3.63, 3.8) is 0 Å². The van der Waals surface area contributed by atoms with Gasteiger partial charge in [-0.3, -0.25) is 4.79 Å². The van der Waals surface area contributed by atoms with Crippen LogP contribution in [0.3, 0.4) is 0 Å². The summed E-state index contributed by atoms with van der Waals surface area (Å²) < 4.78 is 14.6. The smallest absolute Gasteiger partial charge is 0.157 e. The number of ketones is 1. The Morgan fingerprint density at radius 3 is 2.37 bits per heavy atom. The summed E-state index contributed by atoms with van der Waals surface area (Å²) in [5.74, 6) is -0.109. The van der Waals surface area contributed by atoms with Crippen LogP contribution in [0.5, 0.6) is 0 Å². The summed E-state index contributed by atoms with van der Waals surface area (Å²) in [6.07, 6.45) is 14.9. The molecule has 1 nitrogen and oxygen atoms in total. The molecule has 0 aliphatic carbocycles. The lowest BCUT2D eigenvalue weighted by Crippen LogP contribution is -1.97. The first-order valence-electron chi connectivity index (χ1n) is 11.0. The molecule has 0 saturated heterocycles. The summed E-state index contributed by atoms with van der Waals surface area (Å²) in [6, 6.07) is 5.40. The van der Waals surface area contributed by atoms with E-state index in [9.17, 15) is 9.18 Å². The Hall–Kier alpha value is -2.48. The van der Waals surface area contributed by atoms with Gasteiger partial charge in [-0.1, -0.05) is 69.4 Å². The standard InChI is InChI=1S/C28H37FO/c1-7-9-11-15-23(16-12-10-13-17-28(30)22(5)6)26(14-8-2)24-18-19-25(21(3)4)27(29)20-24/h8,12,14,16,18-20H,3,5,7,9-11,13,15,17H2,1-2,4,6H3/b14-8-,16-12+,26-23+. The molecule has 0 aromatic heterocycles. The average molecular weight is 409 g/mol. The largest absolute Gasteiger partial charge is 0.295 e. The van der Waals surface area contributed by atoms with Gasteiger partial charge >= 0.3 is 0 Å². The van der Waals surface area contributed by atoms with Gasteiger partial charge in [0.2, 0.25) is 0 Å². The first-order valence-corrected chi connectivity index (χ1v) is 11.0. The van der Waals surface area contributed by atoms with E-state index in [2.05, 4.69) is 38.3 Å². The van der Waals surface area contributed by atoms with Gasteiger partial charge in [0.1, 0.15) is 5.82 Å². The van der Waals surface area contributed by atoms with Crippen molar-refractivity contribution in [2.24, 2.45) is 0 Å². The second-order valence-electron chi connectivity index (χ2n) is 7.87. The lowest BCUT2D eigenvalue weighted by Gasteiger charge is -2.12. The number of benzene rings is 1. The SMILES string of the molecule is C=C(C)C(=O)CCC/C=C/C(CCCCC)=C(\C=C/C)c1ccc(C(=C)C)c(F)c1. The van der Waals surface area contributed by atoms with Crippen LogP contribution in [0.4, 0.5) is 4.39 Å². The van der Waals surface area contributed by atoms with E-state index in [1.54, 1.807) is 13.0 Å². The predicted molar refractivity (Wildman–Crippen MR) is 130 cm³/mol. The average Bonchev–Trinajstić information content (AvgIpc) is 2.70. The van der Waals surface area contributed by atoms with E-state index in [4.69, 9.17) is 0 Å². The zero-order chi connectivity index (χ0) is 22.5. The molecule has 0 atom stereocenters. The van der Waals surface area contributed by atoms with E-state index < -0.39 is 0 Å². The maximum Gasteiger partial charge on any atom is 0.157 e. The number of Topliss-reactive ketones (excluding diaryl/α,β-unsaturated/α-hetero) is 1. The summed E-state index contributed by atoms with van der Waals surface area (Å²) in [4.78, 5) is 11.7. The van der Waals surface area contributed by atoms with Crippen molar-refractivity contribution in [1.29, 1.82) is 0 Å². The molecule has 0 spiro atoms. The topological polar surface area (TPSA) is 17.1 Å². The van der Waals surface area contributed by atoms with Crippen LogP contribution in [0.15, 0.2) is 66.8 Å². The fraction of sp³-hybridized carbons (Fsp3) is 0.393. The van der Waals surface area contributed by atoms with Crippen LogP contribution in [-0.4, -0.2) is 5.78 Å². The van der Waals surface area contributed by atoms with Crippen LogP contribution in [0.1, 0.15) is 83.8 Å². The molecule has 162 valence electrons. The predicted octanol–water partition coefficient (Wildman–Crippen LogP) is 8.64. The van der Waals surface area contributed by atoms with Crippen LogP contribution in [0.25, 0.3) is 11.1 Å². The molecule has 1 aromatic carbocycles. The Bertz CT molecular complexity index is 836. The second-order valence-corrected chi connectivity index (χ2v) is 7.87. The molecular formula is C28H37FO. The maximum absolute atomic E-state index is 14.6. The minimum absolute atomic E-state index is 0.129. The Labute approximate surface area is 182 Å². The molecule has 2 heteroatoms. The highest BCUT2D eigenvalue weighted by Gasteiger charge is 2.10. The van der Waals surface area contributed by atoms with Crippen molar-refractivity contribution in [1.82, 2.24) is 0 Å². The number of rotatable bonds is 13. The zero-order valence-corrected chi connectivity index (χ0v) is 19.2. The summed E-state index contributed by atoms with van der Waals surface area (Å²) in [5.41, 5.74) is 5.04. The molecule has 0 saturated carbocycles. The highest BCUT2D eigenvalue weighted by molar-refractivity contribution is 5.94. The van der Waals surface area contributed by atoms with Crippen molar-refractivity contribution in [2.75, 3.05) is 0 Å². The number of carbonyl (C=O) groups is 1. The number of hydrogen-bond donors (Lipinski definition) is 0. The third-order valence-corrected chi connectivity index (χ3v) is 5.04. The summed E-state index contributed by atoms with van der Waals surface area (Å²) in [7, 11) is 0. The fourth-order valence-corrected chi connectivity index (χ4v) is 3.28. The normalized spacial score (nSPS) is 12.4. The monoisotopic (exact) mass is 408 g/mol. The molecular weight excluding hydrogens is 371 g/mol. The lowest BCUT2D eigenvalue weighted by molar-refractivity contribution is -0.115. The number of hydrogen-bond acceptors (Lipinski definition) is 1. The Morgan fingerprint density at radius 1 is 1.07 bits per heavy atom. The molecule has 30 heavy (non-hydrogen) atoms. The fourth-order valence-electron chi connectivity index (χ4n) is 3.28. The molecule has 0 radical (unpaired) electrons. The van der Waals surface area contributed by atoms with Crippen LogP contribution in [0, 0.1) is 5.82 Å². The second kappa shape index (κ2) is 13.7. The number of halogens is 1. The summed E-state index contributed by atoms with van der Waals surface area (Å²) in [5, 5.41) is 0. The number of allylic oxidation sites excluding steroid dienone is 8. The van der Waals surface area contributed by atoms with Crippen LogP contribution >= 0.6 is 0 Å². The minimum atomic E-state index is -0.239. The van der Waals surface area contributed by atoms with Crippen LogP contribution < -0.4 is 0 Å². The molecule has 0 unspecified atom stereocenters. The van der Waals surface area contributed by atoms with Gasteiger partial charge in [-0.2, -0.15) is 0 Å². The zero-order valence-electron chi connectivity index (χ0n) is 19.2. The van der Waals surface area contributed by atoms with Gasteiger partial charge in [-0.25, -0.2) is 4.39 Å². The van der Waals surface area contributed by atoms with Gasteiger partial charge in [0.15, 0.2) is 5.78 Å². The summed E-state index contributed by atoms with van der Waals surface area (Å²) >= 11 is 0. The third kappa shape index (κ3) is 8.49. The first-order chi connectivity index (χ1) is 14.3. The molecule has 0 fully saturated rings. The van der Waals surface area contributed by atoms with Crippen LogP contribution in [-0.2, 0) is 4.79 Å². The Balaban J connectivity index is 3.17. The van der Waals surface area contributed by atoms with Crippen molar-refractivity contribution in [3.05, 3.63) is 83.8 Å². The molecule has 0 heterocycles. The van der Waals surface area contributed by atoms with E-state index in [0.29, 0.717) is 17.6 Å². The van der Waals surface area contributed by atoms with Gasteiger partial charge in [0, 0.05) is 12.0 Å². The van der Waals surface area contributed by atoms with E-state index in [1.807, 2.05) is 32.1 Å². The highest BCUT2D eigenvalue weighted by Crippen LogP contribution is 2.28. The van der Waals surface area contributed by atoms with Crippen molar-refractivity contribution < 1.29 is 9.18 Å².